The molecule has 3 atom stereocenters. The second-order valence-corrected chi connectivity index (χ2v) is 8.94. The van der Waals surface area contributed by atoms with Crippen molar-refractivity contribution in [3.8, 4) is 0 Å². The summed E-state index contributed by atoms with van der Waals surface area (Å²) < 4.78 is 23.6. The summed E-state index contributed by atoms with van der Waals surface area (Å²) in [6.45, 7) is 9.68. The van der Waals surface area contributed by atoms with Crippen LogP contribution in [0.2, 0.25) is 0 Å². The van der Waals surface area contributed by atoms with E-state index >= 15 is 0 Å². The van der Waals surface area contributed by atoms with E-state index in [2.05, 4.69) is 0 Å². The monoisotopic (exact) mass is 393 g/mol. The molecule has 2 heterocycles. The summed E-state index contributed by atoms with van der Waals surface area (Å²) >= 11 is 0. The Bertz CT molecular complexity index is 686. The van der Waals surface area contributed by atoms with Crippen molar-refractivity contribution in [2.75, 3.05) is 19.8 Å². The maximum atomic E-state index is 12.8. The summed E-state index contributed by atoms with van der Waals surface area (Å²) in [6.07, 6.45) is -0.969. The first-order chi connectivity index (χ1) is 13.1. The van der Waals surface area contributed by atoms with Crippen molar-refractivity contribution in [1.29, 1.82) is 0 Å². The number of carbonyl (C=O) groups is 1. The van der Waals surface area contributed by atoms with Gasteiger partial charge in [0.25, 0.3) is 0 Å². The average molecular weight is 393 g/mol. The molecule has 2 saturated heterocycles. The predicted octanol–water partition coefficient (Wildman–Crippen LogP) is 2.71. The summed E-state index contributed by atoms with van der Waals surface area (Å²) in [5, 5.41) is 10.1. The topological polar surface area (TPSA) is 77.5 Å². The van der Waals surface area contributed by atoms with Gasteiger partial charge in [0.2, 0.25) is 0 Å². The third kappa shape index (κ3) is 4.49. The zero-order chi connectivity index (χ0) is 20.6. The van der Waals surface area contributed by atoms with Gasteiger partial charge in [-0.3, -0.25) is 4.90 Å². The highest BCUT2D eigenvalue weighted by molar-refractivity contribution is 5.69. The molecule has 156 valence electrons. The van der Waals surface area contributed by atoms with Gasteiger partial charge in [-0.25, -0.2) is 4.79 Å². The molecule has 0 radical (unpaired) electrons. The van der Waals surface area contributed by atoms with Gasteiger partial charge < -0.3 is 24.1 Å². The first-order valence-electron chi connectivity index (χ1n) is 9.65. The van der Waals surface area contributed by atoms with E-state index in [1.165, 1.54) is 0 Å². The van der Waals surface area contributed by atoms with Gasteiger partial charge in [0.15, 0.2) is 5.79 Å². The first kappa shape index (κ1) is 21.0. The van der Waals surface area contributed by atoms with Crippen LogP contribution in [0.25, 0.3) is 0 Å². The standard InChI is InChI=1S/C21H31NO6/c1-19(2,3)27-18(24)22-13-21(14-23)17(26-20(4,5)28-21)16(22)12-25-11-15-9-7-6-8-10-15/h6-10,16-17,23H,11-14H2,1-5H3/t16-,17-,21-/m1/s1. The predicted molar refractivity (Wildman–Crippen MR) is 103 cm³/mol. The van der Waals surface area contributed by atoms with Gasteiger partial charge in [-0.15, -0.1) is 0 Å². The van der Waals surface area contributed by atoms with Crippen LogP contribution in [-0.2, 0) is 25.6 Å². The zero-order valence-corrected chi connectivity index (χ0v) is 17.3. The number of likely N-dealkylation sites (tertiary alicyclic amines) is 1. The molecule has 0 aliphatic carbocycles. The van der Waals surface area contributed by atoms with Crippen LogP contribution in [0, 0.1) is 0 Å². The molecule has 0 bridgehead atoms. The second kappa shape index (κ2) is 7.63. The fourth-order valence-corrected chi connectivity index (χ4v) is 3.85. The summed E-state index contributed by atoms with van der Waals surface area (Å²) in [4.78, 5) is 14.4. The van der Waals surface area contributed by atoms with Crippen LogP contribution >= 0.6 is 0 Å². The number of carbonyl (C=O) groups excluding carboxylic acids is 1. The number of ether oxygens (including phenoxy) is 4. The highest BCUT2D eigenvalue weighted by Crippen LogP contribution is 2.44. The third-order valence-electron chi connectivity index (χ3n) is 4.86. The number of amides is 1. The van der Waals surface area contributed by atoms with E-state index in [0.29, 0.717) is 6.61 Å². The number of benzene rings is 1. The van der Waals surface area contributed by atoms with E-state index in [1.807, 2.05) is 65.0 Å². The lowest BCUT2D eigenvalue weighted by atomic mass is 9.98. The van der Waals surface area contributed by atoms with Gasteiger partial charge in [0.1, 0.15) is 17.3 Å². The van der Waals surface area contributed by atoms with Crippen molar-refractivity contribution < 1.29 is 28.8 Å². The van der Waals surface area contributed by atoms with Crippen molar-refractivity contribution in [1.82, 2.24) is 4.90 Å². The quantitative estimate of drug-likeness (QED) is 0.829. The number of aliphatic hydroxyl groups is 1. The first-order valence-corrected chi connectivity index (χ1v) is 9.65. The molecule has 2 aliphatic rings. The van der Waals surface area contributed by atoms with Gasteiger partial charge in [-0.05, 0) is 40.2 Å². The number of aliphatic hydroxyl groups excluding tert-OH is 1. The average Bonchev–Trinajstić information content (AvgIpc) is 3.03. The highest BCUT2D eigenvalue weighted by Gasteiger charge is 2.64. The number of rotatable bonds is 5. The van der Waals surface area contributed by atoms with Crippen LogP contribution in [0.5, 0.6) is 0 Å². The lowest BCUT2D eigenvalue weighted by Gasteiger charge is -2.31. The Hall–Kier alpha value is -1.67. The minimum atomic E-state index is -0.985. The van der Waals surface area contributed by atoms with Crippen LogP contribution in [-0.4, -0.2) is 65.0 Å². The van der Waals surface area contributed by atoms with Gasteiger partial charge in [-0.2, -0.15) is 0 Å². The molecule has 0 aromatic heterocycles. The van der Waals surface area contributed by atoms with E-state index in [4.69, 9.17) is 18.9 Å². The summed E-state index contributed by atoms with van der Waals surface area (Å²) in [7, 11) is 0. The van der Waals surface area contributed by atoms with E-state index in [1.54, 1.807) is 4.90 Å². The molecule has 0 unspecified atom stereocenters. The van der Waals surface area contributed by atoms with Crippen molar-refractivity contribution in [3.63, 3.8) is 0 Å². The Kier molecular flexibility index (Phi) is 5.74. The molecule has 3 rings (SSSR count). The fourth-order valence-electron chi connectivity index (χ4n) is 3.85. The zero-order valence-electron chi connectivity index (χ0n) is 17.3. The summed E-state index contributed by atoms with van der Waals surface area (Å²) in [5.41, 5.74) is -0.569. The van der Waals surface area contributed by atoms with Gasteiger partial charge in [0, 0.05) is 0 Å². The molecule has 2 fully saturated rings. The Labute approximate surface area is 166 Å². The minimum Gasteiger partial charge on any atom is -0.444 e. The van der Waals surface area contributed by atoms with E-state index in [0.717, 1.165) is 5.56 Å². The number of hydrogen-bond acceptors (Lipinski definition) is 6. The Morgan fingerprint density at radius 2 is 1.96 bits per heavy atom. The van der Waals surface area contributed by atoms with E-state index in [-0.39, 0.29) is 19.8 Å². The molecule has 0 saturated carbocycles. The number of nitrogens with zero attached hydrogens (tertiary/aromatic N) is 1. The second-order valence-electron chi connectivity index (χ2n) is 8.94. The molecule has 0 spiro atoms. The van der Waals surface area contributed by atoms with Gasteiger partial charge in [0.05, 0.1) is 32.4 Å². The highest BCUT2D eigenvalue weighted by atomic mass is 16.8. The van der Waals surface area contributed by atoms with Crippen molar-refractivity contribution >= 4 is 6.09 Å². The largest absolute Gasteiger partial charge is 0.444 e. The maximum absolute atomic E-state index is 12.8. The normalized spacial score (nSPS) is 29.0. The Morgan fingerprint density at radius 1 is 1.29 bits per heavy atom. The van der Waals surface area contributed by atoms with Crippen LogP contribution in [0.3, 0.4) is 0 Å². The molecule has 1 N–H and O–H groups in total. The molecule has 1 amide bonds. The fraction of sp³-hybridized carbons (Fsp3) is 0.667. The Morgan fingerprint density at radius 3 is 2.57 bits per heavy atom. The molecule has 7 nitrogen and oxygen atoms in total. The lowest BCUT2D eigenvalue weighted by Crippen LogP contribution is -2.46. The van der Waals surface area contributed by atoms with Gasteiger partial charge in [-0.1, -0.05) is 30.3 Å². The van der Waals surface area contributed by atoms with Crippen molar-refractivity contribution in [3.05, 3.63) is 35.9 Å². The van der Waals surface area contributed by atoms with Crippen LogP contribution < -0.4 is 0 Å². The summed E-state index contributed by atoms with van der Waals surface area (Å²) in [5.74, 6) is -0.842. The molecule has 1 aromatic rings. The lowest BCUT2D eigenvalue weighted by molar-refractivity contribution is -0.182. The number of hydrogen-bond donors (Lipinski definition) is 1. The van der Waals surface area contributed by atoms with Crippen LogP contribution in [0.15, 0.2) is 30.3 Å². The van der Waals surface area contributed by atoms with Gasteiger partial charge >= 0.3 is 6.09 Å². The molecular weight excluding hydrogens is 362 g/mol. The Balaban J connectivity index is 1.77. The summed E-state index contributed by atoms with van der Waals surface area (Å²) in [6, 6.07) is 9.40. The molecule has 2 aliphatic heterocycles. The number of fused-ring (bicyclic) bond motifs is 1. The molecular formula is C21H31NO6. The third-order valence-corrected chi connectivity index (χ3v) is 4.86. The smallest absolute Gasteiger partial charge is 0.410 e. The minimum absolute atomic E-state index is 0.186. The van der Waals surface area contributed by atoms with E-state index < -0.39 is 35.2 Å². The maximum Gasteiger partial charge on any atom is 0.410 e. The molecule has 28 heavy (non-hydrogen) atoms. The van der Waals surface area contributed by atoms with Crippen molar-refractivity contribution in [2.45, 2.75) is 70.4 Å². The van der Waals surface area contributed by atoms with E-state index in [9.17, 15) is 9.90 Å². The molecule has 7 heteroatoms. The van der Waals surface area contributed by atoms with Crippen molar-refractivity contribution in [2.24, 2.45) is 0 Å². The SMILES string of the molecule is CC(C)(C)OC(=O)N1C[C@]2(CO)OC(C)(C)O[C@@H]2[C@H]1COCc1ccccc1. The van der Waals surface area contributed by atoms with Crippen LogP contribution in [0.4, 0.5) is 4.79 Å². The molecule has 1 aromatic carbocycles. The van der Waals surface area contributed by atoms with Crippen LogP contribution in [0.1, 0.15) is 40.2 Å².